The van der Waals surface area contributed by atoms with Gasteiger partial charge in [-0.25, -0.2) is 0 Å². The van der Waals surface area contributed by atoms with Gasteiger partial charge in [-0.2, -0.15) is 25.3 Å². The number of H-pyrrole nitrogens is 1. The van der Waals surface area contributed by atoms with Crippen LogP contribution in [-0.4, -0.2) is 107 Å². The van der Waals surface area contributed by atoms with Crippen LogP contribution in [0.3, 0.4) is 0 Å². The van der Waals surface area contributed by atoms with Gasteiger partial charge in [-0.1, -0.05) is 32.0 Å². The Labute approximate surface area is 311 Å². The summed E-state index contributed by atoms with van der Waals surface area (Å²) in [7, 11) is 0. The molecule has 0 unspecified atom stereocenters. The summed E-state index contributed by atoms with van der Waals surface area (Å²) in [5.74, 6) is -6.81. The largest absolute Gasteiger partial charge is 0.370 e. The lowest BCUT2D eigenvalue weighted by atomic mass is 10.0. The Hall–Kier alpha value is -4.82. The van der Waals surface area contributed by atoms with E-state index < -0.39 is 96.5 Å². The Balaban J connectivity index is 1.91. The lowest BCUT2D eigenvalue weighted by Crippen LogP contribution is -2.58. The zero-order valence-corrected chi connectivity index (χ0v) is 30.9. The van der Waals surface area contributed by atoms with Crippen LogP contribution >= 0.6 is 25.3 Å². The van der Waals surface area contributed by atoms with E-state index in [4.69, 9.17) is 17.2 Å². The van der Waals surface area contributed by atoms with Gasteiger partial charge in [0.1, 0.15) is 30.2 Å². The van der Waals surface area contributed by atoms with Crippen molar-refractivity contribution in [3.63, 3.8) is 0 Å². The lowest BCUT2D eigenvalue weighted by Gasteiger charge is -2.24. The number of primary amides is 2. The van der Waals surface area contributed by atoms with Crippen LogP contribution in [0.2, 0.25) is 0 Å². The molecule has 0 aliphatic heterocycles. The van der Waals surface area contributed by atoms with Crippen LogP contribution in [0.25, 0.3) is 10.9 Å². The number of carbonyl (C=O) groups is 8. The molecule has 0 aliphatic carbocycles. The van der Waals surface area contributed by atoms with Crippen LogP contribution in [0.4, 0.5) is 0 Å². The number of amides is 8. The summed E-state index contributed by atoms with van der Waals surface area (Å²) in [6, 6.07) is 0.373. The lowest BCUT2D eigenvalue weighted by molar-refractivity contribution is -0.134. The zero-order chi connectivity index (χ0) is 39.1. The first-order valence-electron chi connectivity index (χ1n) is 16.4. The number of rotatable bonds is 21. The Morgan fingerprint density at radius 2 is 1.29 bits per heavy atom. The SMILES string of the molecule is CC(C)C[C@H](NC(=O)[C@H](CS)NC(=O)[C@@H](CC(N)=O)NC(=O)CNC(=O)[C@H](C)NC(=O)[C@H](CS)NC(=O)[C@@H](N)Cc1c[nH]c2ccccc12)C(N)=O. The third-order valence-corrected chi connectivity index (χ3v) is 8.41. The number of aromatic amines is 1. The van der Waals surface area contributed by atoms with Crippen molar-refractivity contribution in [1.29, 1.82) is 0 Å². The van der Waals surface area contributed by atoms with Crippen LogP contribution in [0.1, 0.15) is 39.2 Å². The minimum absolute atomic E-state index is 0.0151. The fourth-order valence-electron chi connectivity index (χ4n) is 4.92. The fraction of sp³-hybridized carbons (Fsp3) is 0.500. The summed E-state index contributed by atoms with van der Waals surface area (Å²) < 4.78 is 0. The van der Waals surface area contributed by atoms with E-state index in [1.165, 1.54) is 6.92 Å². The molecule has 20 heteroatoms. The second-order valence-corrected chi connectivity index (χ2v) is 13.2. The van der Waals surface area contributed by atoms with Gasteiger partial charge < -0.3 is 54.1 Å². The van der Waals surface area contributed by atoms with Gasteiger partial charge in [-0.05, 0) is 37.3 Å². The molecule has 6 atom stereocenters. The van der Waals surface area contributed by atoms with Gasteiger partial charge in [0.05, 0.1) is 19.0 Å². The van der Waals surface area contributed by atoms with Gasteiger partial charge in [0, 0.05) is 28.6 Å². The highest BCUT2D eigenvalue weighted by molar-refractivity contribution is 7.80. The number of hydrogen-bond donors (Lipinski definition) is 12. The molecule has 0 radical (unpaired) electrons. The first-order valence-corrected chi connectivity index (χ1v) is 17.6. The number of thiol groups is 2. The van der Waals surface area contributed by atoms with Crippen molar-refractivity contribution in [2.24, 2.45) is 23.1 Å². The molecule has 286 valence electrons. The van der Waals surface area contributed by atoms with Gasteiger partial charge in [0.2, 0.25) is 47.3 Å². The minimum atomic E-state index is -1.54. The Bertz CT molecular complexity index is 1620. The van der Waals surface area contributed by atoms with Crippen LogP contribution in [-0.2, 0) is 44.8 Å². The third kappa shape index (κ3) is 13.7. The Kier molecular flexibility index (Phi) is 17.4. The smallest absolute Gasteiger partial charge is 0.244 e. The standard InChI is InChI=1S/C32H48N10O8S2/c1-15(2)8-21(27(35)45)40-32(50)24(14-52)42-30(48)22(10-25(34)43)39-26(44)12-37-28(46)16(3)38-31(49)23(13-51)41-29(47)19(33)9-17-11-36-20-7-5-4-6-18(17)20/h4-7,11,15-16,19,21-24,36,51-52H,8-10,12-14,33H2,1-3H3,(H2,34,43)(H2,35,45)(H,37,46)(H,38,49)(H,39,44)(H,40,50)(H,41,47)(H,42,48)/t16-,19-,21-,22+,23-,24-/m0/s1. The van der Waals surface area contributed by atoms with Crippen LogP contribution < -0.4 is 49.1 Å². The summed E-state index contributed by atoms with van der Waals surface area (Å²) in [6.45, 7) is 4.30. The molecule has 2 rings (SSSR count). The first kappa shape index (κ1) is 43.3. The highest BCUT2D eigenvalue weighted by Gasteiger charge is 2.30. The fourth-order valence-corrected chi connectivity index (χ4v) is 5.43. The maximum absolute atomic E-state index is 13.0. The second-order valence-electron chi connectivity index (χ2n) is 12.5. The van der Waals surface area contributed by atoms with Crippen molar-refractivity contribution in [3.8, 4) is 0 Å². The molecule has 0 saturated heterocycles. The van der Waals surface area contributed by atoms with Crippen molar-refractivity contribution < 1.29 is 38.4 Å². The zero-order valence-electron chi connectivity index (χ0n) is 29.1. The van der Waals surface area contributed by atoms with Crippen molar-refractivity contribution in [2.45, 2.75) is 76.3 Å². The van der Waals surface area contributed by atoms with Gasteiger partial charge in [0.25, 0.3) is 0 Å². The monoisotopic (exact) mass is 764 g/mol. The molecule has 0 fully saturated rings. The molecule has 0 saturated carbocycles. The molecular weight excluding hydrogens is 717 g/mol. The van der Waals surface area contributed by atoms with Gasteiger partial charge in [-0.3, -0.25) is 38.4 Å². The molecule has 2 aromatic rings. The molecule has 8 amide bonds. The normalized spacial score (nSPS) is 14.5. The van der Waals surface area contributed by atoms with Crippen molar-refractivity contribution in [2.75, 3.05) is 18.1 Å². The Morgan fingerprint density at radius 1 is 0.731 bits per heavy atom. The molecule has 1 aromatic heterocycles. The summed E-state index contributed by atoms with van der Waals surface area (Å²) in [5.41, 5.74) is 18.4. The molecule has 1 aromatic carbocycles. The summed E-state index contributed by atoms with van der Waals surface area (Å²) in [5, 5.41) is 15.2. The Morgan fingerprint density at radius 3 is 1.87 bits per heavy atom. The van der Waals surface area contributed by atoms with Crippen LogP contribution in [0, 0.1) is 5.92 Å². The van der Waals surface area contributed by atoms with E-state index in [9.17, 15) is 38.4 Å². The molecule has 13 N–H and O–H groups in total. The molecule has 0 aliphatic rings. The average Bonchev–Trinajstić information content (AvgIpc) is 3.49. The van der Waals surface area contributed by atoms with E-state index in [-0.39, 0.29) is 30.3 Å². The highest BCUT2D eigenvalue weighted by atomic mass is 32.1. The number of aromatic nitrogens is 1. The number of fused-ring (bicyclic) bond motifs is 1. The number of para-hydroxylation sites is 1. The van der Waals surface area contributed by atoms with Gasteiger partial charge in [0.15, 0.2) is 0 Å². The first-order chi connectivity index (χ1) is 24.5. The number of nitrogens with one attached hydrogen (secondary N) is 7. The van der Waals surface area contributed by atoms with Crippen LogP contribution in [0.5, 0.6) is 0 Å². The summed E-state index contributed by atoms with van der Waals surface area (Å²) in [4.78, 5) is 103. The summed E-state index contributed by atoms with van der Waals surface area (Å²) in [6.07, 6.45) is 1.54. The van der Waals surface area contributed by atoms with Crippen molar-refractivity contribution in [3.05, 3.63) is 36.0 Å². The van der Waals surface area contributed by atoms with Crippen molar-refractivity contribution >= 4 is 83.4 Å². The predicted molar refractivity (Wildman–Crippen MR) is 198 cm³/mol. The quantitative estimate of drug-likeness (QED) is 0.0571. The van der Waals surface area contributed by atoms with E-state index in [2.05, 4.69) is 62.1 Å². The summed E-state index contributed by atoms with van der Waals surface area (Å²) >= 11 is 8.21. The third-order valence-electron chi connectivity index (χ3n) is 7.68. The van der Waals surface area contributed by atoms with E-state index >= 15 is 0 Å². The molecule has 1 heterocycles. The van der Waals surface area contributed by atoms with Gasteiger partial charge >= 0.3 is 0 Å². The van der Waals surface area contributed by atoms with Crippen LogP contribution in [0.15, 0.2) is 30.5 Å². The van der Waals surface area contributed by atoms with E-state index in [0.717, 1.165) is 16.5 Å². The minimum Gasteiger partial charge on any atom is -0.370 e. The predicted octanol–water partition coefficient (Wildman–Crippen LogP) is -3.14. The maximum atomic E-state index is 13.0. The van der Waals surface area contributed by atoms with E-state index in [1.807, 2.05) is 38.1 Å². The number of hydrogen-bond acceptors (Lipinski definition) is 11. The molecule has 0 bridgehead atoms. The van der Waals surface area contributed by atoms with Crippen molar-refractivity contribution in [1.82, 2.24) is 36.9 Å². The number of benzene rings is 1. The van der Waals surface area contributed by atoms with E-state index in [0.29, 0.717) is 0 Å². The number of carbonyl (C=O) groups excluding carboxylic acids is 8. The maximum Gasteiger partial charge on any atom is 0.244 e. The topological polar surface area (TPSA) is 303 Å². The van der Waals surface area contributed by atoms with E-state index in [1.54, 1.807) is 6.20 Å². The molecular formula is C32H48N10O8S2. The highest BCUT2D eigenvalue weighted by Crippen LogP contribution is 2.18. The molecule has 0 spiro atoms. The van der Waals surface area contributed by atoms with Gasteiger partial charge in [-0.15, -0.1) is 0 Å². The molecule has 18 nitrogen and oxygen atoms in total. The average molecular weight is 765 g/mol. The number of nitrogens with two attached hydrogens (primary N) is 3. The second kappa shape index (κ2) is 20.9. The molecule has 52 heavy (non-hydrogen) atoms.